The molecule has 4 aromatic rings. The number of anilines is 2. The first-order chi connectivity index (χ1) is 15.4. The van der Waals surface area contributed by atoms with Gasteiger partial charge in [-0.2, -0.15) is 10.1 Å². The van der Waals surface area contributed by atoms with Crippen LogP contribution >= 0.6 is 11.8 Å². The smallest absolute Gasteiger partial charge is 0.264 e. The molecule has 8 nitrogen and oxygen atoms in total. The fraction of sp³-hybridized carbons (Fsp3) is 0.217. The number of carbonyl (C=O) groups excluding carboxylic acids is 1. The van der Waals surface area contributed by atoms with Crippen molar-refractivity contribution in [2.45, 2.75) is 32.3 Å². The third-order valence-electron chi connectivity index (χ3n) is 5.14. The molecule has 0 saturated heterocycles. The highest BCUT2D eigenvalue weighted by molar-refractivity contribution is 7.98. The third kappa shape index (κ3) is 4.24. The quantitative estimate of drug-likeness (QED) is 0.419. The van der Waals surface area contributed by atoms with Crippen molar-refractivity contribution < 1.29 is 9.32 Å². The Morgan fingerprint density at radius 2 is 1.81 bits per heavy atom. The molecule has 164 valence electrons. The molecule has 0 spiro atoms. The zero-order chi connectivity index (χ0) is 22.8. The molecule has 0 unspecified atom stereocenters. The topological polar surface area (TPSA) is 112 Å². The molecule has 0 aliphatic carbocycles. The number of hydrogen-bond donors (Lipinski definition) is 2. The van der Waals surface area contributed by atoms with Crippen LogP contribution in [0.2, 0.25) is 0 Å². The SMILES string of the molecule is CSc1nn(CC(=O)Nc2c(C)cccc2C)c(N)c1-c1nc(-c2ccc(C)cc2)no1. The van der Waals surface area contributed by atoms with Gasteiger partial charge in [-0.3, -0.25) is 4.79 Å². The molecule has 1 amide bonds. The molecule has 0 saturated carbocycles. The highest BCUT2D eigenvalue weighted by Gasteiger charge is 2.24. The van der Waals surface area contributed by atoms with Gasteiger partial charge in [-0.25, -0.2) is 4.68 Å². The summed E-state index contributed by atoms with van der Waals surface area (Å²) in [5.74, 6) is 0.808. The molecule has 0 aliphatic heterocycles. The van der Waals surface area contributed by atoms with Crippen molar-refractivity contribution in [1.29, 1.82) is 0 Å². The van der Waals surface area contributed by atoms with E-state index in [4.69, 9.17) is 10.3 Å². The van der Waals surface area contributed by atoms with Crippen molar-refractivity contribution in [2.75, 3.05) is 17.3 Å². The largest absolute Gasteiger partial charge is 0.383 e. The number of aromatic nitrogens is 4. The molecular formula is C23H24N6O2S. The normalized spacial score (nSPS) is 11.0. The number of benzene rings is 2. The Hall–Kier alpha value is -3.59. The van der Waals surface area contributed by atoms with Crippen LogP contribution in [0.25, 0.3) is 22.8 Å². The van der Waals surface area contributed by atoms with Gasteiger partial charge in [0.15, 0.2) is 0 Å². The van der Waals surface area contributed by atoms with E-state index in [-0.39, 0.29) is 18.3 Å². The van der Waals surface area contributed by atoms with Crippen LogP contribution in [-0.4, -0.2) is 32.1 Å². The summed E-state index contributed by atoms with van der Waals surface area (Å²) in [5.41, 5.74) is 11.7. The zero-order valence-corrected chi connectivity index (χ0v) is 19.2. The van der Waals surface area contributed by atoms with Crippen LogP contribution < -0.4 is 11.1 Å². The number of nitrogens with zero attached hydrogens (tertiary/aromatic N) is 4. The second-order valence-electron chi connectivity index (χ2n) is 7.53. The van der Waals surface area contributed by atoms with Gasteiger partial charge in [-0.05, 0) is 38.2 Å². The monoisotopic (exact) mass is 448 g/mol. The summed E-state index contributed by atoms with van der Waals surface area (Å²) in [6, 6.07) is 13.7. The second kappa shape index (κ2) is 8.88. The summed E-state index contributed by atoms with van der Waals surface area (Å²) >= 11 is 1.40. The Kier molecular flexibility index (Phi) is 6.00. The first-order valence-electron chi connectivity index (χ1n) is 10.0. The number of para-hydroxylation sites is 1. The summed E-state index contributed by atoms with van der Waals surface area (Å²) in [7, 11) is 0. The number of aryl methyl sites for hydroxylation is 3. The highest BCUT2D eigenvalue weighted by atomic mass is 32.2. The van der Waals surface area contributed by atoms with Crippen molar-refractivity contribution in [1.82, 2.24) is 19.9 Å². The van der Waals surface area contributed by atoms with E-state index in [1.54, 1.807) is 0 Å². The van der Waals surface area contributed by atoms with E-state index in [1.807, 2.05) is 69.5 Å². The Bertz CT molecular complexity index is 1260. The van der Waals surface area contributed by atoms with Crippen molar-refractivity contribution >= 4 is 29.2 Å². The number of nitrogens with one attached hydrogen (secondary N) is 1. The summed E-state index contributed by atoms with van der Waals surface area (Å²) in [6.45, 7) is 5.89. The molecule has 3 N–H and O–H groups in total. The van der Waals surface area contributed by atoms with Gasteiger partial charge in [0.25, 0.3) is 5.89 Å². The Morgan fingerprint density at radius 1 is 1.12 bits per heavy atom. The second-order valence-corrected chi connectivity index (χ2v) is 8.33. The van der Waals surface area contributed by atoms with Crippen LogP contribution in [0.5, 0.6) is 0 Å². The van der Waals surface area contributed by atoms with Crippen molar-refractivity contribution in [3.63, 3.8) is 0 Å². The van der Waals surface area contributed by atoms with Crippen LogP contribution in [0.1, 0.15) is 16.7 Å². The van der Waals surface area contributed by atoms with Crippen LogP contribution in [0.3, 0.4) is 0 Å². The van der Waals surface area contributed by atoms with Gasteiger partial charge in [0.1, 0.15) is 23.0 Å². The van der Waals surface area contributed by atoms with Crippen molar-refractivity contribution in [3.05, 3.63) is 59.2 Å². The van der Waals surface area contributed by atoms with Crippen LogP contribution in [0.4, 0.5) is 11.5 Å². The lowest BCUT2D eigenvalue weighted by atomic mass is 10.1. The van der Waals surface area contributed by atoms with Gasteiger partial charge in [0.2, 0.25) is 11.7 Å². The van der Waals surface area contributed by atoms with Gasteiger partial charge in [-0.15, -0.1) is 11.8 Å². The Balaban J connectivity index is 1.60. The molecule has 0 aliphatic rings. The van der Waals surface area contributed by atoms with Gasteiger partial charge in [-0.1, -0.05) is 53.2 Å². The van der Waals surface area contributed by atoms with Gasteiger partial charge < -0.3 is 15.6 Å². The maximum atomic E-state index is 12.7. The first kappa shape index (κ1) is 21.6. The van der Waals surface area contributed by atoms with Crippen molar-refractivity contribution in [3.8, 4) is 22.8 Å². The Labute approximate surface area is 190 Å². The minimum atomic E-state index is -0.221. The molecule has 32 heavy (non-hydrogen) atoms. The molecule has 0 fully saturated rings. The van der Waals surface area contributed by atoms with Crippen LogP contribution in [0, 0.1) is 20.8 Å². The molecule has 0 bridgehead atoms. The summed E-state index contributed by atoms with van der Waals surface area (Å²) in [4.78, 5) is 17.2. The fourth-order valence-electron chi connectivity index (χ4n) is 3.39. The number of carbonyl (C=O) groups is 1. The van der Waals surface area contributed by atoms with Gasteiger partial charge in [0, 0.05) is 11.3 Å². The maximum Gasteiger partial charge on any atom is 0.264 e. The standard InChI is InChI=1S/C23H24N6O2S/c1-13-8-10-16(11-9-13)21-26-22(31-28-21)18-20(24)29(27-23(18)32-4)12-17(30)25-19-14(2)6-5-7-15(19)3/h5-11H,12,24H2,1-4H3,(H,25,30). The lowest BCUT2D eigenvalue weighted by Crippen LogP contribution is -2.21. The number of rotatable bonds is 6. The van der Waals surface area contributed by atoms with E-state index >= 15 is 0 Å². The van der Waals surface area contributed by atoms with E-state index in [0.29, 0.717) is 22.2 Å². The molecule has 2 aromatic carbocycles. The molecule has 9 heteroatoms. The molecule has 0 atom stereocenters. The van der Waals surface area contributed by atoms with E-state index in [2.05, 4.69) is 20.6 Å². The average molecular weight is 449 g/mol. The van der Waals surface area contributed by atoms with E-state index in [1.165, 1.54) is 16.4 Å². The summed E-state index contributed by atoms with van der Waals surface area (Å²) in [5, 5.41) is 12.1. The lowest BCUT2D eigenvalue weighted by molar-refractivity contribution is -0.116. The molecule has 2 aromatic heterocycles. The first-order valence-corrected chi connectivity index (χ1v) is 11.3. The minimum absolute atomic E-state index is 0.0356. The number of hydrogen-bond acceptors (Lipinski definition) is 7. The lowest BCUT2D eigenvalue weighted by Gasteiger charge is -2.11. The number of nitrogen functional groups attached to an aromatic ring is 1. The van der Waals surface area contributed by atoms with E-state index < -0.39 is 0 Å². The molecular weight excluding hydrogens is 424 g/mol. The van der Waals surface area contributed by atoms with Crippen LogP contribution in [0.15, 0.2) is 52.0 Å². The van der Waals surface area contributed by atoms with E-state index in [9.17, 15) is 4.79 Å². The predicted molar refractivity (Wildman–Crippen MR) is 126 cm³/mol. The Morgan fingerprint density at radius 3 is 2.47 bits per heavy atom. The molecule has 2 heterocycles. The van der Waals surface area contributed by atoms with Crippen LogP contribution in [-0.2, 0) is 11.3 Å². The van der Waals surface area contributed by atoms with Gasteiger partial charge >= 0.3 is 0 Å². The van der Waals surface area contributed by atoms with E-state index in [0.717, 1.165) is 27.9 Å². The number of amides is 1. The highest BCUT2D eigenvalue weighted by Crippen LogP contribution is 2.35. The summed E-state index contributed by atoms with van der Waals surface area (Å²) in [6.07, 6.45) is 1.88. The third-order valence-corrected chi connectivity index (χ3v) is 5.81. The van der Waals surface area contributed by atoms with Crippen molar-refractivity contribution in [2.24, 2.45) is 0 Å². The molecule has 4 rings (SSSR count). The average Bonchev–Trinajstić information content (AvgIpc) is 3.36. The maximum absolute atomic E-state index is 12.7. The fourth-order valence-corrected chi connectivity index (χ4v) is 3.96. The number of nitrogens with two attached hydrogens (primary N) is 1. The zero-order valence-electron chi connectivity index (χ0n) is 18.3. The predicted octanol–water partition coefficient (Wildman–Crippen LogP) is 4.47. The molecule has 0 radical (unpaired) electrons. The minimum Gasteiger partial charge on any atom is -0.383 e. The summed E-state index contributed by atoms with van der Waals surface area (Å²) < 4.78 is 6.95. The van der Waals surface area contributed by atoms with Gasteiger partial charge in [0.05, 0.1) is 0 Å². The number of thioether (sulfide) groups is 1.